The monoisotopic (exact) mass is 309 g/mol. The summed E-state index contributed by atoms with van der Waals surface area (Å²) in [7, 11) is 0. The molecule has 20 heavy (non-hydrogen) atoms. The highest BCUT2D eigenvalue weighted by Gasteiger charge is 2.18. The molecule has 2 rings (SSSR count). The maximum atomic E-state index is 12.2. The zero-order valence-corrected chi connectivity index (χ0v) is 12.5. The standard InChI is InChI=1S/C15H13Cl2NO2/c1-8-11(16)14(19)12(17)9(2)13(8)18-15(20)10-6-4-3-5-7-10/h3-7,19H,1-2H3,(H,18,20). The van der Waals surface area contributed by atoms with Crippen molar-refractivity contribution in [1.29, 1.82) is 0 Å². The summed E-state index contributed by atoms with van der Waals surface area (Å²) < 4.78 is 0. The molecule has 1 amide bonds. The Kier molecular flexibility index (Phi) is 4.21. The van der Waals surface area contributed by atoms with Gasteiger partial charge < -0.3 is 10.4 Å². The van der Waals surface area contributed by atoms with Crippen LogP contribution in [0.25, 0.3) is 0 Å². The van der Waals surface area contributed by atoms with Gasteiger partial charge in [-0.3, -0.25) is 4.79 Å². The number of rotatable bonds is 2. The first-order valence-corrected chi connectivity index (χ1v) is 6.72. The van der Waals surface area contributed by atoms with Crippen LogP contribution < -0.4 is 5.32 Å². The van der Waals surface area contributed by atoms with Gasteiger partial charge in [-0.15, -0.1) is 0 Å². The van der Waals surface area contributed by atoms with Crippen LogP contribution in [0.4, 0.5) is 5.69 Å². The van der Waals surface area contributed by atoms with Gasteiger partial charge in [-0.2, -0.15) is 0 Å². The number of carbonyl (C=O) groups is 1. The number of carbonyl (C=O) groups excluding carboxylic acids is 1. The molecular weight excluding hydrogens is 297 g/mol. The number of nitrogens with one attached hydrogen (secondary N) is 1. The Morgan fingerprint density at radius 3 is 2.05 bits per heavy atom. The number of benzene rings is 2. The summed E-state index contributed by atoms with van der Waals surface area (Å²) >= 11 is 12.0. The smallest absolute Gasteiger partial charge is 0.255 e. The van der Waals surface area contributed by atoms with Crippen molar-refractivity contribution >= 4 is 34.8 Å². The van der Waals surface area contributed by atoms with E-state index < -0.39 is 0 Å². The molecule has 0 aliphatic heterocycles. The lowest BCUT2D eigenvalue weighted by atomic mass is 10.1. The number of amides is 1. The molecular formula is C15H13Cl2NO2. The molecule has 0 aliphatic rings. The average Bonchev–Trinajstić information content (AvgIpc) is 2.48. The molecule has 5 heteroatoms. The summed E-state index contributed by atoms with van der Waals surface area (Å²) in [5.74, 6) is -0.421. The maximum absolute atomic E-state index is 12.2. The SMILES string of the molecule is Cc1c(Cl)c(O)c(Cl)c(C)c1NC(=O)c1ccccc1. The summed E-state index contributed by atoms with van der Waals surface area (Å²) in [4.78, 5) is 12.2. The second kappa shape index (κ2) is 5.73. The zero-order valence-electron chi connectivity index (χ0n) is 11.0. The van der Waals surface area contributed by atoms with E-state index in [1.165, 1.54) is 0 Å². The second-order valence-corrected chi connectivity index (χ2v) is 5.18. The van der Waals surface area contributed by atoms with E-state index in [0.717, 1.165) is 0 Å². The van der Waals surface area contributed by atoms with Crippen LogP contribution in [0.3, 0.4) is 0 Å². The zero-order chi connectivity index (χ0) is 14.9. The fourth-order valence-electron chi connectivity index (χ4n) is 1.92. The highest BCUT2D eigenvalue weighted by Crippen LogP contribution is 2.42. The van der Waals surface area contributed by atoms with Gasteiger partial charge >= 0.3 is 0 Å². The molecule has 0 aliphatic carbocycles. The highest BCUT2D eigenvalue weighted by molar-refractivity contribution is 6.39. The van der Waals surface area contributed by atoms with E-state index >= 15 is 0 Å². The van der Waals surface area contributed by atoms with Crippen LogP contribution in [-0.4, -0.2) is 11.0 Å². The number of phenolic OH excluding ortho intramolecular Hbond substituents is 1. The van der Waals surface area contributed by atoms with Crippen molar-refractivity contribution in [2.24, 2.45) is 0 Å². The summed E-state index contributed by atoms with van der Waals surface area (Å²) in [5.41, 5.74) is 2.21. The first kappa shape index (κ1) is 14.7. The van der Waals surface area contributed by atoms with Crippen molar-refractivity contribution < 1.29 is 9.90 Å². The Morgan fingerprint density at radius 1 is 1.05 bits per heavy atom. The Bertz CT molecular complexity index is 640. The number of anilines is 1. The van der Waals surface area contributed by atoms with Gasteiger partial charge in [-0.05, 0) is 37.1 Å². The fraction of sp³-hybridized carbons (Fsp3) is 0.133. The van der Waals surface area contributed by atoms with Crippen molar-refractivity contribution in [3.05, 3.63) is 57.1 Å². The van der Waals surface area contributed by atoms with Gasteiger partial charge in [0.15, 0.2) is 5.75 Å². The number of hydrogen-bond donors (Lipinski definition) is 2. The lowest BCUT2D eigenvalue weighted by Crippen LogP contribution is -2.14. The molecule has 3 nitrogen and oxygen atoms in total. The largest absolute Gasteiger partial charge is 0.505 e. The molecule has 0 heterocycles. The topological polar surface area (TPSA) is 49.3 Å². The molecule has 0 fully saturated rings. The third-order valence-electron chi connectivity index (χ3n) is 3.10. The van der Waals surface area contributed by atoms with Crippen LogP contribution in [0.1, 0.15) is 21.5 Å². The fourth-order valence-corrected chi connectivity index (χ4v) is 2.34. The first-order chi connectivity index (χ1) is 9.43. The molecule has 0 radical (unpaired) electrons. The van der Waals surface area contributed by atoms with Crippen LogP contribution in [0.2, 0.25) is 10.0 Å². The van der Waals surface area contributed by atoms with E-state index in [2.05, 4.69) is 5.32 Å². The molecule has 0 saturated carbocycles. The number of aromatic hydroxyl groups is 1. The third-order valence-corrected chi connectivity index (χ3v) is 4.02. The highest BCUT2D eigenvalue weighted by atomic mass is 35.5. The molecule has 0 spiro atoms. The van der Waals surface area contributed by atoms with Crippen molar-refractivity contribution in [1.82, 2.24) is 0 Å². The van der Waals surface area contributed by atoms with E-state index in [1.54, 1.807) is 38.1 Å². The summed E-state index contributed by atoms with van der Waals surface area (Å²) in [6.45, 7) is 3.43. The molecule has 2 N–H and O–H groups in total. The minimum absolute atomic E-state index is 0.143. The lowest BCUT2D eigenvalue weighted by Gasteiger charge is -2.16. The van der Waals surface area contributed by atoms with E-state index in [-0.39, 0.29) is 21.7 Å². The van der Waals surface area contributed by atoms with Crippen molar-refractivity contribution in [2.75, 3.05) is 5.32 Å². The molecule has 0 unspecified atom stereocenters. The minimum Gasteiger partial charge on any atom is -0.505 e. The van der Waals surface area contributed by atoms with Gasteiger partial charge in [0.25, 0.3) is 5.91 Å². The molecule has 104 valence electrons. The van der Waals surface area contributed by atoms with E-state index in [0.29, 0.717) is 22.4 Å². The maximum Gasteiger partial charge on any atom is 0.255 e. The molecule has 2 aromatic carbocycles. The van der Waals surface area contributed by atoms with Gasteiger partial charge in [0.1, 0.15) is 0 Å². The van der Waals surface area contributed by atoms with Gasteiger partial charge in [-0.1, -0.05) is 41.4 Å². The van der Waals surface area contributed by atoms with Crippen molar-refractivity contribution in [3.63, 3.8) is 0 Å². The minimum atomic E-state index is -0.255. The summed E-state index contributed by atoms with van der Waals surface area (Å²) in [5, 5.41) is 12.8. The van der Waals surface area contributed by atoms with Crippen LogP contribution in [0, 0.1) is 13.8 Å². The molecule has 0 atom stereocenters. The Morgan fingerprint density at radius 2 is 1.55 bits per heavy atom. The molecule has 0 aromatic heterocycles. The van der Waals surface area contributed by atoms with Crippen LogP contribution >= 0.6 is 23.2 Å². The van der Waals surface area contributed by atoms with E-state index in [1.807, 2.05) is 6.07 Å². The molecule has 2 aromatic rings. The van der Waals surface area contributed by atoms with Crippen LogP contribution in [-0.2, 0) is 0 Å². The molecule has 0 bridgehead atoms. The van der Waals surface area contributed by atoms with Gasteiger partial charge in [0, 0.05) is 5.56 Å². The third kappa shape index (κ3) is 2.60. The quantitative estimate of drug-likeness (QED) is 0.798. The average molecular weight is 310 g/mol. The van der Waals surface area contributed by atoms with Crippen LogP contribution in [0.15, 0.2) is 30.3 Å². The van der Waals surface area contributed by atoms with E-state index in [4.69, 9.17) is 23.2 Å². The molecule has 0 saturated heterocycles. The van der Waals surface area contributed by atoms with Crippen LogP contribution in [0.5, 0.6) is 5.75 Å². The van der Waals surface area contributed by atoms with Crippen molar-refractivity contribution in [2.45, 2.75) is 13.8 Å². The van der Waals surface area contributed by atoms with Gasteiger partial charge in [-0.25, -0.2) is 0 Å². The number of phenols is 1. The van der Waals surface area contributed by atoms with E-state index in [9.17, 15) is 9.90 Å². The first-order valence-electron chi connectivity index (χ1n) is 5.97. The summed E-state index contributed by atoms with van der Waals surface area (Å²) in [6.07, 6.45) is 0. The number of halogens is 2. The normalized spacial score (nSPS) is 10.4. The van der Waals surface area contributed by atoms with Crippen molar-refractivity contribution in [3.8, 4) is 5.75 Å². The lowest BCUT2D eigenvalue weighted by molar-refractivity contribution is 0.102. The summed E-state index contributed by atoms with van der Waals surface area (Å²) in [6, 6.07) is 8.83. The Hall–Kier alpha value is -1.71. The Labute approximate surface area is 127 Å². The Balaban J connectivity index is 2.43. The van der Waals surface area contributed by atoms with Gasteiger partial charge in [0.2, 0.25) is 0 Å². The van der Waals surface area contributed by atoms with Gasteiger partial charge in [0.05, 0.1) is 15.7 Å². The second-order valence-electron chi connectivity index (χ2n) is 4.42. The number of hydrogen-bond acceptors (Lipinski definition) is 2. The predicted octanol–water partition coefficient (Wildman–Crippen LogP) is 4.57. The predicted molar refractivity (Wildman–Crippen MR) is 82.0 cm³/mol.